The Balaban J connectivity index is 1.77. The maximum absolute atomic E-state index is 12.2. The number of carbonyl (C=O) groups is 2. The van der Waals surface area contributed by atoms with E-state index in [9.17, 15) is 9.59 Å². The van der Waals surface area contributed by atoms with Gasteiger partial charge in [0.2, 0.25) is 5.91 Å². The molecule has 0 aromatic heterocycles. The number of nitrogens with one attached hydrogen (secondary N) is 2. The molecule has 26 heavy (non-hydrogen) atoms. The van der Waals surface area contributed by atoms with Crippen LogP contribution in [0, 0.1) is 0 Å². The molecule has 1 heterocycles. The van der Waals surface area contributed by atoms with Gasteiger partial charge in [-0.05, 0) is 6.92 Å². The number of hydrogen-bond acceptors (Lipinski definition) is 5. The monoisotopic (exact) mass is 366 g/mol. The summed E-state index contributed by atoms with van der Waals surface area (Å²) in [5, 5.41) is 2.88. The summed E-state index contributed by atoms with van der Waals surface area (Å²) >= 11 is 0. The standard InChI is InChI=1S/C18H27N3O5/c1-4-26-18(23)21-9-7-20(8-10-21)6-5-17(22)19-14-11-15(24-2)13-16(12-14)25-3/h11-13H,4-10H2,1-3H3,(H,19,22)/p+1. The lowest BCUT2D eigenvalue weighted by Gasteiger charge is -2.31. The third-order valence-corrected chi connectivity index (χ3v) is 4.34. The van der Waals surface area contributed by atoms with Gasteiger partial charge in [0.15, 0.2) is 0 Å². The molecule has 0 aliphatic carbocycles. The zero-order valence-corrected chi connectivity index (χ0v) is 15.7. The van der Waals surface area contributed by atoms with Crippen LogP contribution < -0.4 is 19.7 Å². The molecule has 8 heteroatoms. The highest BCUT2D eigenvalue weighted by Crippen LogP contribution is 2.25. The summed E-state index contributed by atoms with van der Waals surface area (Å²) < 4.78 is 15.4. The van der Waals surface area contributed by atoms with Crippen LogP contribution in [0.4, 0.5) is 10.5 Å². The maximum Gasteiger partial charge on any atom is 0.410 e. The average molecular weight is 366 g/mol. The minimum Gasteiger partial charge on any atom is -0.497 e. The van der Waals surface area contributed by atoms with Crippen LogP contribution in [0.25, 0.3) is 0 Å². The van der Waals surface area contributed by atoms with Gasteiger partial charge in [0.25, 0.3) is 0 Å². The number of amides is 2. The Morgan fingerprint density at radius 3 is 2.27 bits per heavy atom. The normalized spacial score (nSPS) is 14.7. The minimum atomic E-state index is -0.253. The van der Waals surface area contributed by atoms with Crippen molar-refractivity contribution in [2.45, 2.75) is 13.3 Å². The van der Waals surface area contributed by atoms with Gasteiger partial charge in [-0.2, -0.15) is 0 Å². The molecular formula is C18H28N3O5+. The van der Waals surface area contributed by atoms with E-state index < -0.39 is 0 Å². The van der Waals surface area contributed by atoms with Crippen molar-refractivity contribution in [1.29, 1.82) is 0 Å². The first kappa shape index (κ1) is 19.8. The number of benzene rings is 1. The number of rotatable bonds is 7. The summed E-state index contributed by atoms with van der Waals surface area (Å²) in [5.41, 5.74) is 0.647. The molecule has 2 amide bonds. The van der Waals surface area contributed by atoms with E-state index in [-0.39, 0.29) is 12.0 Å². The van der Waals surface area contributed by atoms with Crippen molar-refractivity contribution in [3.05, 3.63) is 18.2 Å². The Morgan fingerprint density at radius 1 is 1.12 bits per heavy atom. The number of nitrogens with zero attached hydrogens (tertiary/aromatic N) is 1. The molecule has 2 N–H and O–H groups in total. The molecule has 0 unspecified atom stereocenters. The summed E-state index contributed by atoms with van der Waals surface area (Å²) in [6, 6.07) is 5.26. The van der Waals surface area contributed by atoms with Crippen molar-refractivity contribution in [1.82, 2.24) is 4.90 Å². The van der Waals surface area contributed by atoms with Gasteiger partial charge in [-0.25, -0.2) is 4.79 Å². The van der Waals surface area contributed by atoms with Crippen LogP contribution in [0.1, 0.15) is 13.3 Å². The number of hydrogen-bond donors (Lipinski definition) is 2. The summed E-state index contributed by atoms with van der Waals surface area (Å²) in [6.07, 6.45) is 0.158. The predicted octanol–water partition coefficient (Wildman–Crippen LogP) is 0.389. The molecule has 144 valence electrons. The Bertz CT molecular complexity index is 593. The molecule has 8 nitrogen and oxygen atoms in total. The number of quaternary nitrogens is 1. The molecule has 0 atom stereocenters. The minimum absolute atomic E-state index is 0.0550. The third kappa shape index (κ3) is 5.80. The molecule has 0 saturated carbocycles. The Kier molecular flexibility index (Phi) is 7.53. The van der Waals surface area contributed by atoms with E-state index in [1.54, 1.807) is 44.2 Å². The summed E-state index contributed by atoms with van der Waals surface area (Å²) in [6.45, 7) is 5.87. The van der Waals surface area contributed by atoms with Gasteiger partial charge in [-0.3, -0.25) is 9.69 Å². The largest absolute Gasteiger partial charge is 0.497 e. The van der Waals surface area contributed by atoms with Crippen LogP contribution in [-0.4, -0.2) is 70.5 Å². The number of piperazine rings is 1. The van der Waals surface area contributed by atoms with Crippen LogP contribution in [0.5, 0.6) is 11.5 Å². The van der Waals surface area contributed by atoms with Gasteiger partial charge in [0, 0.05) is 23.9 Å². The van der Waals surface area contributed by atoms with Crippen molar-refractivity contribution in [2.75, 3.05) is 58.9 Å². The number of ether oxygens (including phenoxy) is 3. The number of carbonyl (C=O) groups excluding carboxylic acids is 2. The molecule has 1 aliphatic rings. The van der Waals surface area contributed by atoms with E-state index in [0.29, 0.717) is 43.3 Å². The molecule has 0 bridgehead atoms. The average Bonchev–Trinajstić information content (AvgIpc) is 2.66. The van der Waals surface area contributed by atoms with Crippen molar-refractivity contribution >= 4 is 17.7 Å². The second-order valence-corrected chi connectivity index (χ2v) is 6.09. The quantitative estimate of drug-likeness (QED) is 0.730. The SMILES string of the molecule is CCOC(=O)N1CC[NH+](CCC(=O)Nc2cc(OC)cc(OC)c2)CC1. The van der Waals surface area contributed by atoms with Crippen LogP contribution in [0.2, 0.25) is 0 Å². The fourth-order valence-electron chi connectivity index (χ4n) is 2.86. The fraction of sp³-hybridized carbons (Fsp3) is 0.556. The summed E-state index contributed by atoms with van der Waals surface area (Å²) in [4.78, 5) is 26.9. The van der Waals surface area contributed by atoms with Crippen molar-refractivity contribution in [3.8, 4) is 11.5 Å². The van der Waals surface area contributed by atoms with Crippen LogP contribution in [0.3, 0.4) is 0 Å². The highest BCUT2D eigenvalue weighted by atomic mass is 16.6. The first-order chi connectivity index (χ1) is 12.5. The Labute approximate surface area is 154 Å². The van der Waals surface area contributed by atoms with Crippen LogP contribution in [0.15, 0.2) is 18.2 Å². The van der Waals surface area contributed by atoms with Crippen LogP contribution >= 0.6 is 0 Å². The maximum atomic E-state index is 12.2. The second-order valence-electron chi connectivity index (χ2n) is 6.09. The molecule has 0 radical (unpaired) electrons. The van der Waals surface area contributed by atoms with E-state index in [2.05, 4.69) is 5.32 Å². The van der Waals surface area contributed by atoms with Gasteiger partial charge in [0.1, 0.15) is 11.5 Å². The molecule has 1 aromatic carbocycles. The summed E-state index contributed by atoms with van der Waals surface area (Å²) in [7, 11) is 3.14. The smallest absolute Gasteiger partial charge is 0.410 e. The second kappa shape index (κ2) is 9.86. The van der Waals surface area contributed by atoms with Gasteiger partial charge in [0.05, 0.1) is 60.0 Å². The zero-order chi connectivity index (χ0) is 18.9. The Hall–Kier alpha value is -2.48. The van der Waals surface area contributed by atoms with E-state index in [4.69, 9.17) is 14.2 Å². The lowest BCUT2D eigenvalue weighted by molar-refractivity contribution is -0.903. The number of anilines is 1. The van der Waals surface area contributed by atoms with Crippen LogP contribution in [-0.2, 0) is 9.53 Å². The van der Waals surface area contributed by atoms with Crippen molar-refractivity contribution < 1.29 is 28.7 Å². The first-order valence-electron chi connectivity index (χ1n) is 8.84. The predicted molar refractivity (Wildman–Crippen MR) is 97.0 cm³/mol. The molecule has 2 rings (SSSR count). The van der Waals surface area contributed by atoms with E-state index in [1.807, 2.05) is 0 Å². The molecule has 1 saturated heterocycles. The van der Waals surface area contributed by atoms with E-state index >= 15 is 0 Å². The van der Waals surface area contributed by atoms with Crippen molar-refractivity contribution in [3.63, 3.8) is 0 Å². The van der Waals surface area contributed by atoms with Gasteiger partial charge in [-0.1, -0.05) is 0 Å². The third-order valence-electron chi connectivity index (χ3n) is 4.34. The van der Waals surface area contributed by atoms with Gasteiger partial charge < -0.3 is 24.4 Å². The highest BCUT2D eigenvalue weighted by molar-refractivity contribution is 5.91. The Morgan fingerprint density at radius 2 is 1.73 bits per heavy atom. The molecular weight excluding hydrogens is 338 g/mol. The molecule has 1 aromatic rings. The van der Waals surface area contributed by atoms with Crippen molar-refractivity contribution in [2.24, 2.45) is 0 Å². The van der Waals surface area contributed by atoms with Gasteiger partial charge >= 0.3 is 6.09 Å². The highest BCUT2D eigenvalue weighted by Gasteiger charge is 2.24. The zero-order valence-electron chi connectivity index (χ0n) is 15.7. The lowest BCUT2D eigenvalue weighted by Crippen LogP contribution is -3.15. The number of methoxy groups -OCH3 is 2. The molecule has 1 aliphatic heterocycles. The van der Waals surface area contributed by atoms with E-state index in [1.165, 1.54) is 4.90 Å². The topological polar surface area (TPSA) is 81.5 Å². The molecule has 0 spiro atoms. The first-order valence-corrected chi connectivity index (χ1v) is 8.84. The van der Waals surface area contributed by atoms with E-state index in [0.717, 1.165) is 19.6 Å². The summed E-state index contributed by atoms with van der Waals surface area (Å²) in [5.74, 6) is 1.20. The van der Waals surface area contributed by atoms with Gasteiger partial charge in [-0.15, -0.1) is 0 Å². The lowest BCUT2D eigenvalue weighted by atomic mass is 10.2. The molecule has 1 fully saturated rings. The fourth-order valence-corrected chi connectivity index (χ4v) is 2.86.